The molecule has 3 aliphatic rings. The molecule has 23 heavy (non-hydrogen) atoms. The molecule has 2 heterocycles. The van der Waals surface area contributed by atoms with Crippen molar-refractivity contribution < 1.29 is 19.4 Å². The molecule has 5 nitrogen and oxygen atoms in total. The second-order valence-electron chi connectivity index (χ2n) is 7.07. The van der Waals surface area contributed by atoms with Gasteiger partial charge in [0, 0.05) is 26.1 Å². The molecule has 128 valence electrons. The van der Waals surface area contributed by atoms with Crippen LogP contribution in [0, 0.1) is 11.8 Å². The van der Waals surface area contributed by atoms with Crippen LogP contribution in [0.2, 0.25) is 0 Å². The van der Waals surface area contributed by atoms with Gasteiger partial charge in [-0.05, 0) is 50.9 Å². The van der Waals surface area contributed by atoms with Gasteiger partial charge >= 0.3 is 5.97 Å². The number of carboxylic acids is 1. The summed E-state index contributed by atoms with van der Waals surface area (Å²) in [4.78, 5) is 25.7. The predicted octanol–water partition coefficient (Wildman–Crippen LogP) is 2.61. The van der Waals surface area contributed by atoms with Crippen molar-refractivity contribution in [3.05, 3.63) is 11.6 Å². The van der Waals surface area contributed by atoms with E-state index in [0.717, 1.165) is 38.8 Å². The normalized spacial score (nSPS) is 29.4. The number of rotatable bonds is 4. The van der Waals surface area contributed by atoms with E-state index in [4.69, 9.17) is 4.74 Å². The standard InChI is InChI=1S/C18H27NO4/c20-16(12-13-4-2-1-3-5-13)19-9-6-14(7-10-19)17-15(18(21)22)8-11-23-17/h4,14-15,17H,1-3,5-12H2,(H,21,22)/t15?,17-/m0/s1. The summed E-state index contributed by atoms with van der Waals surface area (Å²) in [5.74, 6) is -0.597. The molecule has 0 aromatic heterocycles. The van der Waals surface area contributed by atoms with Gasteiger partial charge in [0.05, 0.1) is 12.0 Å². The summed E-state index contributed by atoms with van der Waals surface area (Å²) >= 11 is 0. The van der Waals surface area contributed by atoms with E-state index in [-0.39, 0.29) is 23.8 Å². The molecule has 0 spiro atoms. The average molecular weight is 321 g/mol. The molecule has 2 saturated heterocycles. The summed E-state index contributed by atoms with van der Waals surface area (Å²) in [6.07, 6.45) is 9.61. The molecule has 1 N–H and O–H groups in total. The van der Waals surface area contributed by atoms with Crippen LogP contribution in [0.3, 0.4) is 0 Å². The Morgan fingerprint density at radius 2 is 2.00 bits per heavy atom. The van der Waals surface area contributed by atoms with E-state index in [1.54, 1.807) is 0 Å². The summed E-state index contributed by atoms with van der Waals surface area (Å²) in [5, 5.41) is 9.29. The third kappa shape index (κ3) is 3.94. The number of aliphatic carboxylic acids is 1. The molecular weight excluding hydrogens is 294 g/mol. The molecule has 0 saturated carbocycles. The first-order chi connectivity index (χ1) is 11.1. The number of allylic oxidation sites excluding steroid dienone is 1. The molecule has 3 rings (SSSR count). The Morgan fingerprint density at radius 1 is 1.22 bits per heavy atom. The van der Waals surface area contributed by atoms with E-state index in [9.17, 15) is 14.7 Å². The van der Waals surface area contributed by atoms with Gasteiger partial charge in [-0.25, -0.2) is 0 Å². The Morgan fingerprint density at radius 3 is 2.65 bits per heavy atom. The molecule has 1 unspecified atom stereocenters. The first-order valence-electron chi connectivity index (χ1n) is 8.95. The van der Waals surface area contributed by atoms with Gasteiger partial charge in [-0.3, -0.25) is 9.59 Å². The zero-order valence-electron chi connectivity index (χ0n) is 13.7. The number of likely N-dealkylation sites (tertiary alicyclic amines) is 1. The number of carbonyl (C=O) groups excluding carboxylic acids is 1. The summed E-state index contributed by atoms with van der Waals surface area (Å²) in [6.45, 7) is 2.03. The van der Waals surface area contributed by atoms with Crippen molar-refractivity contribution >= 4 is 11.9 Å². The summed E-state index contributed by atoms with van der Waals surface area (Å²) < 4.78 is 5.69. The monoisotopic (exact) mass is 321 g/mol. The van der Waals surface area contributed by atoms with Gasteiger partial charge < -0.3 is 14.7 Å². The van der Waals surface area contributed by atoms with Gasteiger partial charge in [-0.2, -0.15) is 0 Å². The Labute approximate surface area is 137 Å². The molecule has 2 fully saturated rings. The van der Waals surface area contributed by atoms with Gasteiger partial charge in [-0.15, -0.1) is 0 Å². The minimum atomic E-state index is -0.741. The molecule has 0 aromatic carbocycles. The Balaban J connectivity index is 1.49. The fraction of sp³-hybridized carbons (Fsp3) is 0.778. The largest absolute Gasteiger partial charge is 0.481 e. The summed E-state index contributed by atoms with van der Waals surface area (Å²) in [7, 11) is 0. The Bertz CT molecular complexity index is 479. The zero-order chi connectivity index (χ0) is 16.2. The van der Waals surface area contributed by atoms with E-state index in [0.29, 0.717) is 19.4 Å². The third-order valence-corrected chi connectivity index (χ3v) is 5.57. The Hall–Kier alpha value is -1.36. The van der Waals surface area contributed by atoms with Crippen molar-refractivity contribution in [2.24, 2.45) is 11.8 Å². The van der Waals surface area contributed by atoms with Gasteiger partial charge in [0.1, 0.15) is 0 Å². The van der Waals surface area contributed by atoms with Gasteiger partial charge in [0.2, 0.25) is 5.91 Å². The number of piperidine rings is 1. The van der Waals surface area contributed by atoms with E-state index in [1.165, 1.54) is 18.4 Å². The number of carboxylic acid groups (broad SMARTS) is 1. The number of ether oxygens (including phenoxy) is 1. The number of amides is 1. The third-order valence-electron chi connectivity index (χ3n) is 5.57. The van der Waals surface area contributed by atoms with Crippen molar-refractivity contribution in [2.45, 2.75) is 57.5 Å². The number of hydrogen-bond donors (Lipinski definition) is 1. The van der Waals surface area contributed by atoms with E-state index in [1.807, 2.05) is 4.90 Å². The second kappa shape index (κ2) is 7.47. The van der Waals surface area contributed by atoms with Crippen LogP contribution in [0.1, 0.15) is 51.4 Å². The van der Waals surface area contributed by atoms with Crippen LogP contribution in [-0.2, 0) is 14.3 Å². The van der Waals surface area contributed by atoms with Crippen LogP contribution in [0.5, 0.6) is 0 Å². The molecule has 2 atom stereocenters. The highest BCUT2D eigenvalue weighted by Crippen LogP contribution is 2.33. The van der Waals surface area contributed by atoms with Crippen LogP contribution >= 0.6 is 0 Å². The van der Waals surface area contributed by atoms with Gasteiger partial charge in [0.25, 0.3) is 0 Å². The molecule has 0 radical (unpaired) electrons. The fourth-order valence-corrected chi connectivity index (χ4v) is 4.19. The summed E-state index contributed by atoms with van der Waals surface area (Å²) in [5.41, 5.74) is 1.30. The predicted molar refractivity (Wildman–Crippen MR) is 86.0 cm³/mol. The van der Waals surface area contributed by atoms with Gasteiger partial charge in [-0.1, -0.05) is 11.6 Å². The van der Waals surface area contributed by atoms with E-state index in [2.05, 4.69) is 6.08 Å². The number of hydrogen-bond acceptors (Lipinski definition) is 3. The lowest BCUT2D eigenvalue weighted by Crippen LogP contribution is -2.43. The van der Waals surface area contributed by atoms with Crippen molar-refractivity contribution in [2.75, 3.05) is 19.7 Å². The maximum atomic E-state index is 12.4. The zero-order valence-corrected chi connectivity index (χ0v) is 13.7. The lowest BCUT2D eigenvalue weighted by atomic mass is 9.84. The lowest BCUT2D eigenvalue weighted by Gasteiger charge is -2.35. The SMILES string of the molecule is O=C(O)C1CCO[C@H]1C1CCN(C(=O)CC2=CCCCC2)CC1. The van der Waals surface area contributed by atoms with E-state index < -0.39 is 5.97 Å². The molecule has 5 heteroatoms. The van der Waals surface area contributed by atoms with Crippen LogP contribution in [0.15, 0.2) is 11.6 Å². The van der Waals surface area contributed by atoms with Crippen LogP contribution in [-0.4, -0.2) is 47.7 Å². The van der Waals surface area contributed by atoms with Crippen LogP contribution < -0.4 is 0 Å². The maximum absolute atomic E-state index is 12.4. The topological polar surface area (TPSA) is 66.8 Å². The molecule has 1 aliphatic carbocycles. The number of carbonyl (C=O) groups is 2. The molecular formula is C18H27NO4. The number of nitrogens with zero attached hydrogens (tertiary/aromatic N) is 1. The first kappa shape index (κ1) is 16.5. The highest BCUT2D eigenvalue weighted by atomic mass is 16.5. The minimum Gasteiger partial charge on any atom is -0.481 e. The van der Waals surface area contributed by atoms with Gasteiger partial charge in [0.15, 0.2) is 0 Å². The maximum Gasteiger partial charge on any atom is 0.309 e. The molecule has 2 aliphatic heterocycles. The smallest absolute Gasteiger partial charge is 0.309 e. The highest BCUT2D eigenvalue weighted by molar-refractivity contribution is 5.78. The van der Waals surface area contributed by atoms with Crippen molar-refractivity contribution in [1.29, 1.82) is 0 Å². The van der Waals surface area contributed by atoms with E-state index >= 15 is 0 Å². The highest BCUT2D eigenvalue weighted by Gasteiger charge is 2.40. The van der Waals surface area contributed by atoms with Crippen molar-refractivity contribution in [3.8, 4) is 0 Å². The quantitative estimate of drug-likeness (QED) is 0.808. The van der Waals surface area contributed by atoms with Crippen molar-refractivity contribution in [1.82, 2.24) is 4.90 Å². The van der Waals surface area contributed by atoms with Crippen LogP contribution in [0.25, 0.3) is 0 Å². The fourth-order valence-electron chi connectivity index (χ4n) is 4.19. The molecule has 1 amide bonds. The first-order valence-corrected chi connectivity index (χ1v) is 8.95. The minimum absolute atomic E-state index is 0.161. The molecule has 0 bridgehead atoms. The van der Waals surface area contributed by atoms with Crippen LogP contribution in [0.4, 0.5) is 0 Å². The second-order valence-corrected chi connectivity index (χ2v) is 7.07. The average Bonchev–Trinajstić information content (AvgIpc) is 3.06. The lowest BCUT2D eigenvalue weighted by molar-refractivity contribution is -0.145. The molecule has 0 aromatic rings. The summed E-state index contributed by atoms with van der Waals surface area (Å²) in [6, 6.07) is 0. The van der Waals surface area contributed by atoms with Crippen molar-refractivity contribution in [3.63, 3.8) is 0 Å². The Kier molecular flexibility index (Phi) is 5.36.